The van der Waals surface area contributed by atoms with Crippen molar-refractivity contribution < 1.29 is 14.3 Å². The lowest BCUT2D eigenvalue weighted by Crippen LogP contribution is -1.97. The number of oxazole rings is 1. The highest BCUT2D eigenvalue weighted by atomic mass is 35.5. The molecular formula is C21H18ClN3O3. The van der Waals surface area contributed by atoms with Gasteiger partial charge in [0.15, 0.2) is 0 Å². The third kappa shape index (κ3) is 3.39. The Bertz CT molecular complexity index is 1180. The van der Waals surface area contributed by atoms with Crippen LogP contribution < -0.4 is 0 Å². The van der Waals surface area contributed by atoms with Gasteiger partial charge in [0.1, 0.15) is 17.8 Å². The van der Waals surface area contributed by atoms with Crippen molar-refractivity contribution in [2.24, 2.45) is 0 Å². The summed E-state index contributed by atoms with van der Waals surface area (Å²) in [6.45, 7) is 4.08. The summed E-state index contributed by atoms with van der Waals surface area (Å²) in [4.78, 5) is 20.1. The Morgan fingerprint density at radius 3 is 2.61 bits per heavy atom. The van der Waals surface area contributed by atoms with Crippen LogP contribution in [0.4, 0.5) is 0 Å². The molecule has 142 valence electrons. The van der Waals surface area contributed by atoms with Crippen molar-refractivity contribution in [2.45, 2.75) is 26.7 Å². The maximum Gasteiger partial charge on any atom is 0.308 e. The van der Waals surface area contributed by atoms with Crippen LogP contribution in [0.5, 0.6) is 0 Å². The molecule has 4 rings (SSSR count). The number of benzene rings is 2. The first-order valence-corrected chi connectivity index (χ1v) is 9.22. The predicted molar refractivity (Wildman–Crippen MR) is 107 cm³/mol. The summed E-state index contributed by atoms with van der Waals surface area (Å²) < 4.78 is 7.77. The Kier molecular flexibility index (Phi) is 4.65. The van der Waals surface area contributed by atoms with Gasteiger partial charge in [0.2, 0.25) is 0 Å². The fourth-order valence-electron chi connectivity index (χ4n) is 3.08. The molecule has 2 aromatic heterocycles. The average Bonchev–Trinajstić information content (AvgIpc) is 3.25. The third-order valence-corrected chi connectivity index (χ3v) is 4.99. The van der Waals surface area contributed by atoms with E-state index in [0.717, 1.165) is 27.7 Å². The number of rotatable bonds is 5. The number of hydrogen-bond acceptors (Lipinski definition) is 4. The SMILES string of the molecule is Cc1cc2ncn(-c3nc(-c4ccc(Cl)cc4)c(CCC(=O)O)o3)c2cc1C. The lowest BCUT2D eigenvalue weighted by Gasteiger charge is -2.02. The minimum atomic E-state index is -0.890. The van der Waals surface area contributed by atoms with Crippen molar-refractivity contribution >= 4 is 28.6 Å². The van der Waals surface area contributed by atoms with Gasteiger partial charge >= 0.3 is 12.0 Å². The Labute approximate surface area is 166 Å². The highest BCUT2D eigenvalue weighted by molar-refractivity contribution is 6.30. The molecule has 0 aliphatic heterocycles. The quantitative estimate of drug-likeness (QED) is 0.516. The summed E-state index contributed by atoms with van der Waals surface area (Å²) in [7, 11) is 0. The Morgan fingerprint density at radius 2 is 1.89 bits per heavy atom. The van der Waals surface area contributed by atoms with E-state index in [-0.39, 0.29) is 12.8 Å². The van der Waals surface area contributed by atoms with Gasteiger partial charge in [-0.2, -0.15) is 4.98 Å². The first-order chi connectivity index (χ1) is 13.4. The summed E-state index contributed by atoms with van der Waals surface area (Å²) in [6.07, 6.45) is 1.87. The van der Waals surface area contributed by atoms with E-state index in [2.05, 4.69) is 9.97 Å². The van der Waals surface area contributed by atoms with E-state index in [1.807, 2.05) is 38.1 Å². The monoisotopic (exact) mass is 395 g/mol. The number of halogens is 1. The molecule has 6 nitrogen and oxygen atoms in total. The first-order valence-electron chi connectivity index (χ1n) is 8.84. The van der Waals surface area contributed by atoms with Crippen LogP contribution in [0, 0.1) is 13.8 Å². The van der Waals surface area contributed by atoms with Crippen LogP contribution in [-0.2, 0) is 11.2 Å². The van der Waals surface area contributed by atoms with E-state index in [1.54, 1.807) is 23.0 Å². The van der Waals surface area contributed by atoms with Gasteiger partial charge in [-0.05, 0) is 49.2 Å². The molecule has 0 aliphatic rings. The van der Waals surface area contributed by atoms with Gasteiger partial charge in [-0.3, -0.25) is 9.36 Å². The van der Waals surface area contributed by atoms with Gasteiger partial charge in [0, 0.05) is 17.0 Å². The maximum atomic E-state index is 11.1. The zero-order valence-corrected chi connectivity index (χ0v) is 16.2. The Hall–Kier alpha value is -3.12. The fourth-order valence-corrected chi connectivity index (χ4v) is 3.21. The largest absolute Gasteiger partial charge is 0.481 e. The summed E-state index contributed by atoms with van der Waals surface area (Å²) >= 11 is 5.99. The average molecular weight is 396 g/mol. The van der Waals surface area contributed by atoms with E-state index in [0.29, 0.717) is 22.5 Å². The molecule has 0 spiro atoms. The normalized spacial score (nSPS) is 11.2. The number of carbonyl (C=O) groups is 1. The number of aromatic nitrogens is 3. The number of imidazole rings is 1. The van der Waals surface area contributed by atoms with Crippen LogP contribution in [0.3, 0.4) is 0 Å². The molecule has 0 aliphatic carbocycles. The fraction of sp³-hybridized carbons (Fsp3) is 0.190. The molecule has 0 unspecified atom stereocenters. The van der Waals surface area contributed by atoms with E-state index in [9.17, 15) is 4.79 Å². The second-order valence-corrected chi connectivity index (χ2v) is 7.15. The van der Waals surface area contributed by atoms with Crippen molar-refractivity contribution in [1.82, 2.24) is 14.5 Å². The summed E-state index contributed by atoms with van der Waals surface area (Å²) in [6, 6.07) is 11.6. The smallest absolute Gasteiger partial charge is 0.308 e. The predicted octanol–water partition coefficient (Wildman–Crippen LogP) is 4.97. The summed E-state index contributed by atoms with van der Waals surface area (Å²) in [5, 5.41) is 9.68. The zero-order valence-electron chi connectivity index (χ0n) is 15.4. The van der Waals surface area contributed by atoms with Crippen LogP contribution >= 0.6 is 11.6 Å². The number of aliphatic carboxylic acids is 1. The Balaban J connectivity index is 1.84. The minimum Gasteiger partial charge on any atom is -0.481 e. The Morgan fingerprint density at radius 1 is 1.18 bits per heavy atom. The molecule has 2 aromatic carbocycles. The first kappa shape index (κ1) is 18.3. The highest BCUT2D eigenvalue weighted by Gasteiger charge is 2.19. The van der Waals surface area contributed by atoms with Crippen molar-refractivity contribution in [3.05, 3.63) is 64.6 Å². The standard InChI is InChI=1S/C21H18ClN3O3/c1-12-9-16-17(10-13(12)2)25(11-23-16)21-24-20(14-3-5-15(22)6-4-14)18(28-21)7-8-19(26)27/h3-6,9-11H,7-8H2,1-2H3,(H,26,27). The van der Waals surface area contributed by atoms with E-state index in [4.69, 9.17) is 21.1 Å². The van der Waals surface area contributed by atoms with Crippen molar-refractivity contribution in [1.29, 1.82) is 0 Å². The number of aryl methyl sites for hydroxylation is 3. The molecule has 0 saturated carbocycles. The van der Waals surface area contributed by atoms with Crippen LogP contribution in [-0.4, -0.2) is 25.6 Å². The van der Waals surface area contributed by atoms with E-state index < -0.39 is 5.97 Å². The van der Waals surface area contributed by atoms with Gasteiger partial charge in [-0.25, -0.2) is 4.98 Å². The zero-order chi connectivity index (χ0) is 19.8. The van der Waals surface area contributed by atoms with Crippen LogP contribution in [0.1, 0.15) is 23.3 Å². The molecule has 0 amide bonds. The van der Waals surface area contributed by atoms with Gasteiger partial charge in [0.25, 0.3) is 0 Å². The van der Waals surface area contributed by atoms with Crippen LogP contribution in [0.25, 0.3) is 28.3 Å². The molecule has 1 N–H and O–H groups in total. The van der Waals surface area contributed by atoms with Crippen molar-refractivity contribution in [2.75, 3.05) is 0 Å². The molecule has 0 radical (unpaired) electrons. The van der Waals surface area contributed by atoms with Crippen LogP contribution in [0.15, 0.2) is 47.1 Å². The van der Waals surface area contributed by atoms with Crippen LogP contribution in [0.2, 0.25) is 5.02 Å². The number of carboxylic acid groups (broad SMARTS) is 1. The lowest BCUT2D eigenvalue weighted by atomic mass is 10.1. The topological polar surface area (TPSA) is 81.2 Å². The van der Waals surface area contributed by atoms with E-state index in [1.165, 1.54) is 0 Å². The van der Waals surface area contributed by atoms with E-state index >= 15 is 0 Å². The molecule has 2 heterocycles. The number of hydrogen-bond donors (Lipinski definition) is 1. The number of fused-ring (bicyclic) bond motifs is 1. The lowest BCUT2D eigenvalue weighted by molar-refractivity contribution is -0.137. The van der Waals surface area contributed by atoms with Gasteiger partial charge in [0.05, 0.1) is 17.5 Å². The number of nitrogens with zero attached hydrogens (tertiary/aromatic N) is 3. The van der Waals surface area contributed by atoms with Crippen molar-refractivity contribution in [3.63, 3.8) is 0 Å². The molecule has 0 bridgehead atoms. The maximum absolute atomic E-state index is 11.1. The second kappa shape index (κ2) is 7.13. The highest BCUT2D eigenvalue weighted by Crippen LogP contribution is 2.29. The van der Waals surface area contributed by atoms with Gasteiger partial charge in [-0.1, -0.05) is 23.7 Å². The molecule has 0 saturated heterocycles. The number of carboxylic acids is 1. The minimum absolute atomic E-state index is 0.0435. The molecule has 0 fully saturated rings. The molecule has 28 heavy (non-hydrogen) atoms. The second-order valence-electron chi connectivity index (χ2n) is 6.71. The third-order valence-electron chi connectivity index (χ3n) is 4.74. The van der Waals surface area contributed by atoms with Crippen molar-refractivity contribution in [3.8, 4) is 17.3 Å². The molecule has 7 heteroatoms. The molecule has 4 aromatic rings. The summed E-state index contributed by atoms with van der Waals surface area (Å²) in [5.74, 6) is -0.371. The molecular weight excluding hydrogens is 378 g/mol. The van der Waals surface area contributed by atoms with Gasteiger partial charge < -0.3 is 9.52 Å². The molecule has 0 atom stereocenters. The van der Waals surface area contributed by atoms with Gasteiger partial charge in [-0.15, -0.1) is 0 Å². The summed E-state index contributed by atoms with van der Waals surface area (Å²) in [5.41, 5.74) is 5.46.